The molecule has 0 radical (unpaired) electrons. The van der Waals surface area contributed by atoms with Crippen molar-refractivity contribution in [1.82, 2.24) is 10.5 Å². The summed E-state index contributed by atoms with van der Waals surface area (Å²) in [5, 5.41) is 6.94. The lowest BCUT2D eigenvalue weighted by Gasteiger charge is -2.19. The van der Waals surface area contributed by atoms with Gasteiger partial charge < -0.3 is 15.6 Å². The number of rotatable bonds is 4. The van der Waals surface area contributed by atoms with E-state index in [1.165, 1.54) is 0 Å². The molecule has 100 valence electrons. The molecule has 5 heteroatoms. The fraction of sp³-hybridized carbons (Fsp3) is 0.692. The molecule has 1 heterocycles. The van der Waals surface area contributed by atoms with Crippen LogP contribution in [0.15, 0.2) is 4.52 Å². The molecule has 1 aromatic rings. The summed E-state index contributed by atoms with van der Waals surface area (Å²) in [6.07, 6.45) is 3.93. The molecule has 1 aromatic heterocycles. The number of aryl methyl sites for hydroxylation is 2. The highest BCUT2D eigenvalue weighted by Crippen LogP contribution is 2.25. The van der Waals surface area contributed by atoms with Gasteiger partial charge in [0, 0.05) is 12.5 Å². The molecule has 1 amide bonds. The van der Waals surface area contributed by atoms with Gasteiger partial charge in [0.2, 0.25) is 0 Å². The third-order valence-corrected chi connectivity index (χ3v) is 3.76. The zero-order chi connectivity index (χ0) is 13.1. The van der Waals surface area contributed by atoms with Crippen LogP contribution in [0.25, 0.3) is 0 Å². The van der Waals surface area contributed by atoms with Gasteiger partial charge in [-0.3, -0.25) is 4.79 Å². The van der Waals surface area contributed by atoms with E-state index >= 15 is 0 Å². The van der Waals surface area contributed by atoms with Gasteiger partial charge in [-0.05, 0) is 32.2 Å². The van der Waals surface area contributed by atoms with Crippen molar-refractivity contribution in [2.45, 2.75) is 45.6 Å². The summed E-state index contributed by atoms with van der Waals surface area (Å²) in [5.74, 6) is 0.988. The molecule has 1 saturated carbocycles. The Balaban J connectivity index is 2.09. The smallest absolute Gasteiger partial charge is 0.257 e. The second-order valence-electron chi connectivity index (χ2n) is 4.93. The Morgan fingerprint density at radius 3 is 3.00 bits per heavy atom. The number of nitrogens with zero attached hydrogens (tertiary/aromatic N) is 1. The molecule has 1 fully saturated rings. The van der Waals surface area contributed by atoms with Gasteiger partial charge in [0.15, 0.2) is 0 Å². The van der Waals surface area contributed by atoms with Gasteiger partial charge in [-0.15, -0.1) is 0 Å². The molecule has 2 rings (SSSR count). The van der Waals surface area contributed by atoms with E-state index in [4.69, 9.17) is 10.3 Å². The molecule has 3 N–H and O–H groups in total. The predicted molar refractivity (Wildman–Crippen MR) is 68.3 cm³/mol. The number of aromatic nitrogens is 1. The van der Waals surface area contributed by atoms with Crippen LogP contribution >= 0.6 is 0 Å². The van der Waals surface area contributed by atoms with Crippen LogP contribution in [-0.2, 0) is 6.42 Å². The van der Waals surface area contributed by atoms with E-state index in [-0.39, 0.29) is 11.9 Å². The molecule has 2 unspecified atom stereocenters. The van der Waals surface area contributed by atoms with Crippen molar-refractivity contribution in [3.63, 3.8) is 0 Å². The van der Waals surface area contributed by atoms with E-state index in [9.17, 15) is 4.79 Å². The molecular formula is C13H21N3O2. The highest BCUT2D eigenvalue weighted by molar-refractivity contribution is 5.96. The zero-order valence-electron chi connectivity index (χ0n) is 11.0. The number of hydrogen-bond acceptors (Lipinski definition) is 4. The first kappa shape index (κ1) is 13.1. The maximum absolute atomic E-state index is 12.3. The zero-order valence-corrected chi connectivity index (χ0v) is 11.0. The topological polar surface area (TPSA) is 81.2 Å². The molecule has 0 aliphatic heterocycles. The van der Waals surface area contributed by atoms with Crippen LogP contribution in [0.2, 0.25) is 0 Å². The molecule has 2 atom stereocenters. The minimum Gasteiger partial charge on any atom is -0.360 e. The van der Waals surface area contributed by atoms with Gasteiger partial charge in [-0.1, -0.05) is 18.5 Å². The number of carbonyl (C=O) groups is 1. The Kier molecular flexibility index (Phi) is 4.01. The summed E-state index contributed by atoms with van der Waals surface area (Å²) in [6.45, 7) is 4.38. The molecule has 5 nitrogen and oxygen atoms in total. The quantitative estimate of drug-likeness (QED) is 0.847. The largest absolute Gasteiger partial charge is 0.360 e. The average molecular weight is 251 g/mol. The Hall–Kier alpha value is -1.36. The minimum atomic E-state index is -0.0732. The monoisotopic (exact) mass is 251 g/mol. The molecule has 0 spiro atoms. The van der Waals surface area contributed by atoms with Gasteiger partial charge in [0.1, 0.15) is 11.3 Å². The van der Waals surface area contributed by atoms with Crippen molar-refractivity contribution in [2.75, 3.05) is 6.54 Å². The minimum absolute atomic E-state index is 0.0732. The highest BCUT2D eigenvalue weighted by Gasteiger charge is 2.29. The summed E-state index contributed by atoms with van der Waals surface area (Å²) < 4.78 is 5.15. The molecule has 0 aromatic carbocycles. The third kappa shape index (κ3) is 2.41. The number of hydrogen-bond donors (Lipinski definition) is 2. The first-order chi connectivity index (χ1) is 8.67. The van der Waals surface area contributed by atoms with Crippen LogP contribution < -0.4 is 11.1 Å². The molecule has 0 bridgehead atoms. The van der Waals surface area contributed by atoms with Gasteiger partial charge in [0.25, 0.3) is 5.91 Å². The maximum atomic E-state index is 12.3. The molecular weight excluding hydrogens is 230 g/mol. The first-order valence-corrected chi connectivity index (χ1v) is 6.63. The van der Waals surface area contributed by atoms with Crippen molar-refractivity contribution in [1.29, 1.82) is 0 Å². The van der Waals surface area contributed by atoms with E-state index in [2.05, 4.69) is 10.5 Å². The first-order valence-electron chi connectivity index (χ1n) is 6.63. The van der Waals surface area contributed by atoms with E-state index in [1.807, 2.05) is 6.92 Å². The SMILES string of the molecule is CCc1onc(C)c1C(=O)NC1CCCC1CN. The third-order valence-electron chi connectivity index (χ3n) is 3.76. The van der Waals surface area contributed by atoms with Crippen LogP contribution in [0.5, 0.6) is 0 Å². The van der Waals surface area contributed by atoms with Crippen LogP contribution in [0, 0.1) is 12.8 Å². The van der Waals surface area contributed by atoms with E-state index in [0.29, 0.717) is 35.9 Å². The van der Waals surface area contributed by atoms with E-state index < -0.39 is 0 Å². The van der Waals surface area contributed by atoms with Gasteiger partial charge in [-0.25, -0.2) is 0 Å². The Morgan fingerprint density at radius 2 is 2.33 bits per heavy atom. The number of nitrogens with two attached hydrogens (primary N) is 1. The summed E-state index contributed by atoms with van der Waals surface area (Å²) >= 11 is 0. The highest BCUT2D eigenvalue weighted by atomic mass is 16.5. The van der Waals surface area contributed by atoms with Crippen molar-refractivity contribution in [2.24, 2.45) is 11.7 Å². The Bertz CT molecular complexity index is 428. The molecule has 1 aliphatic rings. The summed E-state index contributed by atoms with van der Waals surface area (Å²) in [6, 6.07) is 0.196. The average Bonchev–Trinajstić information content (AvgIpc) is 2.95. The number of carbonyl (C=O) groups excluding carboxylic acids is 1. The fourth-order valence-electron chi connectivity index (χ4n) is 2.70. The molecule has 0 saturated heterocycles. The standard InChI is InChI=1S/C13H21N3O2/c1-3-11-12(8(2)16-18-11)13(17)15-10-6-4-5-9(10)7-14/h9-10H,3-7,14H2,1-2H3,(H,15,17). The van der Waals surface area contributed by atoms with Crippen LogP contribution in [0.4, 0.5) is 0 Å². The predicted octanol–water partition coefficient (Wildman–Crippen LogP) is 1.40. The maximum Gasteiger partial charge on any atom is 0.257 e. The fourth-order valence-corrected chi connectivity index (χ4v) is 2.70. The van der Waals surface area contributed by atoms with Crippen molar-refractivity contribution in [3.05, 3.63) is 17.0 Å². The van der Waals surface area contributed by atoms with E-state index in [0.717, 1.165) is 19.3 Å². The number of nitrogens with one attached hydrogen (secondary N) is 1. The summed E-state index contributed by atoms with van der Waals surface area (Å²) in [4.78, 5) is 12.3. The van der Waals surface area contributed by atoms with Crippen LogP contribution in [0.1, 0.15) is 48.0 Å². The van der Waals surface area contributed by atoms with Crippen LogP contribution in [-0.4, -0.2) is 23.7 Å². The summed E-state index contributed by atoms with van der Waals surface area (Å²) in [5.41, 5.74) is 6.98. The van der Waals surface area contributed by atoms with Gasteiger partial charge in [-0.2, -0.15) is 0 Å². The normalized spacial score (nSPS) is 23.3. The lowest BCUT2D eigenvalue weighted by Crippen LogP contribution is -2.40. The second-order valence-corrected chi connectivity index (χ2v) is 4.93. The van der Waals surface area contributed by atoms with Crippen molar-refractivity contribution < 1.29 is 9.32 Å². The lowest BCUT2D eigenvalue weighted by molar-refractivity contribution is 0.0926. The second kappa shape index (κ2) is 5.52. The van der Waals surface area contributed by atoms with Crippen molar-refractivity contribution >= 4 is 5.91 Å². The Morgan fingerprint density at radius 1 is 1.56 bits per heavy atom. The van der Waals surface area contributed by atoms with Gasteiger partial charge >= 0.3 is 0 Å². The Labute approximate surface area is 107 Å². The summed E-state index contributed by atoms with van der Waals surface area (Å²) in [7, 11) is 0. The lowest BCUT2D eigenvalue weighted by atomic mass is 10.0. The number of amides is 1. The van der Waals surface area contributed by atoms with Gasteiger partial charge in [0.05, 0.1) is 5.69 Å². The molecule has 1 aliphatic carbocycles. The van der Waals surface area contributed by atoms with Crippen LogP contribution in [0.3, 0.4) is 0 Å². The molecule has 18 heavy (non-hydrogen) atoms. The van der Waals surface area contributed by atoms with E-state index in [1.54, 1.807) is 6.92 Å². The van der Waals surface area contributed by atoms with Crippen molar-refractivity contribution in [3.8, 4) is 0 Å².